The smallest absolute Gasteiger partial charge is 0.340 e. The molecule has 2 aromatic heterocycles. The molecule has 0 aliphatic carbocycles. The molecule has 0 radical (unpaired) electrons. The number of aromatic nitrogens is 4. The van der Waals surface area contributed by atoms with Gasteiger partial charge in [0.2, 0.25) is 5.28 Å². The van der Waals surface area contributed by atoms with Crippen molar-refractivity contribution in [2.75, 3.05) is 90.9 Å². The van der Waals surface area contributed by atoms with E-state index in [1.807, 2.05) is 0 Å². The van der Waals surface area contributed by atoms with Crippen LogP contribution in [0.2, 0.25) is 5.28 Å². The van der Waals surface area contributed by atoms with Gasteiger partial charge in [-0.15, -0.1) is 0 Å². The van der Waals surface area contributed by atoms with Crippen molar-refractivity contribution in [2.45, 2.75) is 24.5 Å². The summed E-state index contributed by atoms with van der Waals surface area (Å²) in [5.41, 5.74) is 0.422. The molecule has 3 heterocycles. The molecule has 19 nitrogen and oxygen atoms in total. The number of nitrogens with one attached hydrogen (secondary N) is 1. The van der Waals surface area contributed by atoms with Crippen molar-refractivity contribution in [3.05, 3.63) is 11.6 Å². The van der Waals surface area contributed by atoms with Crippen molar-refractivity contribution in [3.8, 4) is 0 Å². The molecule has 0 aromatic carbocycles. The summed E-state index contributed by atoms with van der Waals surface area (Å²) in [6.07, 6.45) is -4.43. The third-order valence-corrected chi connectivity index (χ3v) is 9.52. The minimum atomic E-state index is -4.85. The fourth-order valence-electron chi connectivity index (χ4n) is 3.91. The van der Waals surface area contributed by atoms with E-state index >= 15 is 0 Å². The Hall–Kier alpha value is -1.38. The Morgan fingerprint density at radius 1 is 0.932 bits per heavy atom. The zero-order valence-corrected chi connectivity index (χ0v) is 26.4. The van der Waals surface area contributed by atoms with Gasteiger partial charge in [0.25, 0.3) is 0 Å². The standard InChI is InChI=1S/C22H38ClN5O14P2/c1-36-4-5-38-8-9-40-11-10-39-7-6-37-3-2-24-19-16-20(27-22(23)26-19)28(13-25-16)21-18(30)17(29)15(42-21)12-41-44(34,35)14-43(31,32)33/h13,15,17-18,21,29-30H,2-12,14H2,1H3,(H,34,35)(H,24,26,27)(H2,31,32,33)/t15-,17+,18?,21-/m1/s1. The summed E-state index contributed by atoms with van der Waals surface area (Å²) < 4.78 is 61.2. The minimum Gasteiger partial charge on any atom is -0.387 e. The number of hydrogen-bond acceptors (Lipinski definition) is 15. The van der Waals surface area contributed by atoms with Gasteiger partial charge in [-0.1, -0.05) is 0 Å². The molecule has 1 aliphatic rings. The van der Waals surface area contributed by atoms with Gasteiger partial charge in [0.15, 0.2) is 29.1 Å². The van der Waals surface area contributed by atoms with Crippen molar-refractivity contribution in [2.24, 2.45) is 0 Å². The lowest BCUT2D eigenvalue weighted by atomic mass is 10.1. The number of hydrogen-bond donors (Lipinski definition) is 6. The summed E-state index contributed by atoms with van der Waals surface area (Å²) >= 11 is 6.11. The molecule has 5 atom stereocenters. The summed E-state index contributed by atoms with van der Waals surface area (Å²) in [5, 5.41) is 23.9. The predicted molar refractivity (Wildman–Crippen MR) is 153 cm³/mol. The number of fused-ring (bicyclic) bond motifs is 1. The van der Waals surface area contributed by atoms with E-state index in [1.165, 1.54) is 10.9 Å². The molecule has 2 unspecified atom stereocenters. The average molecular weight is 694 g/mol. The Morgan fingerprint density at radius 3 is 2.11 bits per heavy atom. The van der Waals surface area contributed by atoms with E-state index in [1.54, 1.807) is 7.11 Å². The molecule has 0 bridgehead atoms. The first kappa shape index (κ1) is 37.1. The van der Waals surface area contributed by atoms with E-state index < -0.39 is 52.2 Å². The van der Waals surface area contributed by atoms with Crippen LogP contribution in [-0.2, 0) is 42.1 Å². The number of anilines is 1. The normalized spacial score (nSPS) is 22.1. The molecule has 1 aliphatic heterocycles. The number of aliphatic hydroxyl groups excluding tert-OH is 2. The van der Waals surface area contributed by atoms with Crippen LogP contribution < -0.4 is 5.32 Å². The van der Waals surface area contributed by atoms with Gasteiger partial charge in [-0.2, -0.15) is 9.97 Å². The molecular formula is C22H38ClN5O14P2. The van der Waals surface area contributed by atoms with E-state index in [0.717, 1.165) is 0 Å². The molecule has 1 fully saturated rings. The summed E-state index contributed by atoms with van der Waals surface area (Å²) in [5.74, 6) is -1.14. The summed E-state index contributed by atoms with van der Waals surface area (Å²) in [4.78, 5) is 40.1. The lowest BCUT2D eigenvalue weighted by molar-refractivity contribution is -0.0483. The van der Waals surface area contributed by atoms with Crippen molar-refractivity contribution in [1.29, 1.82) is 0 Å². The summed E-state index contributed by atoms with van der Waals surface area (Å²) in [6, 6.07) is 0. The van der Waals surface area contributed by atoms with Crippen LogP contribution in [-0.4, -0.2) is 148 Å². The van der Waals surface area contributed by atoms with Crippen molar-refractivity contribution >= 4 is 43.8 Å². The molecule has 0 amide bonds. The highest BCUT2D eigenvalue weighted by atomic mass is 35.5. The summed E-state index contributed by atoms with van der Waals surface area (Å²) in [7, 11) is -7.95. The van der Waals surface area contributed by atoms with Crippen LogP contribution in [0.5, 0.6) is 0 Å². The average Bonchev–Trinajstić information content (AvgIpc) is 3.48. The van der Waals surface area contributed by atoms with Gasteiger partial charge in [-0.3, -0.25) is 13.7 Å². The van der Waals surface area contributed by atoms with Crippen molar-refractivity contribution in [1.82, 2.24) is 19.5 Å². The van der Waals surface area contributed by atoms with E-state index in [0.29, 0.717) is 66.0 Å². The highest BCUT2D eigenvalue weighted by Gasteiger charge is 2.45. The van der Waals surface area contributed by atoms with Crippen LogP contribution in [0, 0.1) is 0 Å². The van der Waals surface area contributed by atoms with Crippen molar-refractivity contribution < 1.29 is 67.0 Å². The highest BCUT2D eigenvalue weighted by Crippen LogP contribution is 2.55. The molecule has 1 saturated heterocycles. The van der Waals surface area contributed by atoms with Gasteiger partial charge in [0.05, 0.1) is 72.4 Å². The van der Waals surface area contributed by atoms with Crippen molar-refractivity contribution in [3.63, 3.8) is 0 Å². The third-order valence-electron chi connectivity index (χ3n) is 5.90. The van der Waals surface area contributed by atoms with Gasteiger partial charge in [0, 0.05) is 13.7 Å². The monoisotopic (exact) mass is 693 g/mol. The van der Waals surface area contributed by atoms with E-state index in [9.17, 15) is 24.2 Å². The zero-order valence-electron chi connectivity index (χ0n) is 23.8. The lowest BCUT2D eigenvalue weighted by Crippen LogP contribution is -2.33. The molecule has 22 heteroatoms. The number of rotatable bonds is 22. The number of imidazole rings is 1. The lowest BCUT2D eigenvalue weighted by Gasteiger charge is -2.18. The molecule has 3 rings (SSSR count). The first-order valence-electron chi connectivity index (χ1n) is 13.4. The second-order valence-corrected chi connectivity index (χ2v) is 13.7. The zero-order chi connectivity index (χ0) is 32.2. The first-order chi connectivity index (χ1) is 20.9. The number of aliphatic hydroxyl groups is 2. The minimum absolute atomic E-state index is 0.147. The predicted octanol–water partition coefficient (Wildman–Crippen LogP) is -0.439. The van der Waals surface area contributed by atoms with E-state index in [2.05, 4.69) is 20.3 Å². The van der Waals surface area contributed by atoms with Gasteiger partial charge in [0.1, 0.15) is 18.3 Å². The fourth-order valence-corrected chi connectivity index (χ4v) is 6.64. The maximum atomic E-state index is 11.9. The molecular weight excluding hydrogens is 656 g/mol. The van der Waals surface area contributed by atoms with Gasteiger partial charge < -0.3 is 63.2 Å². The molecule has 252 valence electrons. The largest absolute Gasteiger partial charge is 0.387 e. The number of halogens is 1. The third kappa shape index (κ3) is 12.1. The Balaban J connectivity index is 1.43. The fraction of sp³-hybridized carbons (Fsp3) is 0.773. The Bertz CT molecular complexity index is 1260. The van der Waals surface area contributed by atoms with Gasteiger partial charge >= 0.3 is 15.2 Å². The van der Waals surface area contributed by atoms with Gasteiger partial charge in [-0.25, -0.2) is 4.98 Å². The molecule has 44 heavy (non-hydrogen) atoms. The molecule has 0 saturated carbocycles. The second kappa shape index (κ2) is 18.1. The van der Waals surface area contributed by atoms with E-state index in [4.69, 9.17) is 54.3 Å². The quantitative estimate of drug-likeness (QED) is 0.0519. The number of methoxy groups -OCH3 is 1. The second-order valence-electron chi connectivity index (χ2n) is 9.32. The van der Waals surface area contributed by atoms with Crippen LogP contribution in [0.4, 0.5) is 5.82 Å². The van der Waals surface area contributed by atoms with Crippen LogP contribution in [0.15, 0.2) is 6.33 Å². The van der Waals surface area contributed by atoms with Crippen LogP contribution in [0.1, 0.15) is 6.23 Å². The highest BCUT2D eigenvalue weighted by molar-refractivity contribution is 7.70. The van der Waals surface area contributed by atoms with Crippen LogP contribution in [0.25, 0.3) is 11.2 Å². The number of nitrogens with zero attached hydrogens (tertiary/aromatic N) is 4. The Kier molecular flexibility index (Phi) is 15.2. The first-order valence-corrected chi connectivity index (χ1v) is 17.3. The molecule has 2 aromatic rings. The Morgan fingerprint density at radius 2 is 1.52 bits per heavy atom. The summed E-state index contributed by atoms with van der Waals surface area (Å²) in [6.45, 7) is 3.51. The molecule has 0 spiro atoms. The number of ether oxygens (including phenoxy) is 6. The Labute approximate surface area is 257 Å². The van der Waals surface area contributed by atoms with Crippen LogP contribution >= 0.6 is 26.8 Å². The SMILES string of the molecule is COCCOCCOCCOCCOCCNc1nc(Cl)nc2c1ncn2[C@@H]1O[C@H](COP(=O)(O)CP(=O)(O)O)[C@H](O)C1O. The maximum Gasteiger partial charge on any atom is 0.340 e. The topological polar surface area (TPSA) is 256 Å². The van der Waals surface area contributed by atoms with E-state index in [-0.39, 0.29) is 22.3 Å². The van der Waals surface area contributed by atoms with Crippen LogP contribution in [0.3, 0.4) is 0 Å². The molecule has 6 N–H and O–H groups in total. The van der Waals surface area contributed by atoms with Gasteiger partial charge in [-0.05, 0) is 11.6 Å². The maximum absolute atomic E-state index is 11.9.